The molecule has 1 aromatic heterocycles. The van der Waals surface area contributed by atoms with Crippen molar-refractivity contribution in [3.63, 3.8) is 0 Å². The van der Waals surface area contributed by atoms with E-state index in [-0.39, 0.29) is 5.97 Å². The molecule has 1 heterocycles. The van der Waals surface area contributed by atoms with Crippen molar-refractivity contribution in [1.82, 2.24) is 4.98 Å². The number of esters is 1. The van der Waals surface area contributed by atoms with Crippen molar-refractivity contribution in [2.24, 2.45) is 0 Å². The molecule has 0 amide bonds. The second-order valence-corrected chi connectivity index (χ2v) is 4.91. The molecule has 4 nitrogen and oxygen atoms in total. The minimum absolute atomic E-state index is 0.311. The zero-order chi connectivity index (χ0) is 15.5. The fraction of sp³-hybridized carbons (Fsp3) is 0.111. The molecule has 0 spiro atoms. The molecule has 2 aromatic carbocycles. The van der Waals surface area contributed by atoms with E-state index in [1.807, 2.05) is 42.5 Å². The zero-order valence-corrected chi connectivity index (χ0v) is 12.2. The molecule has 0 unspecified atom stereocenters. The number of hydrogen-bond donors (Lipinski definition) is 1. The summed E-state index contributed by atoms with van der Waals surface area (Å²) in [6, 6.07) is 17.0. The van der Waals surface area contributed by atoms with Crippen molar-refractivity contribution < 1.29 is 9.53 Å². The molecule has 22 heavy (non-hydrogen) atoms. The van der Waals surface area contributed by atoms with Crippen LogP contribution in [0.5, 0.6) is 0 Å². The summed E-state index contributed by atoms with van der Waals surface area (Å²) in [6.07, 6.45) is 0. The van der Waals surface area contributed by atoms with E-state index < -0.39 is 0 Å². The monoisotopic (exact) mass is 292 g/mol. The summed E-state index contributed by atoms with van der Waals surface area (Å²) in [6.45, 7) is 2.15. The number of benzene rings is 2. The molecule has 0 fully saturated rings. The molecule has 0 saturated heterocycles. The van der Waals surface area contributed by atoms with Gasteiger partial charge >= 0.3 is 5.97 Å². The fourth-order valence-electron chi connectivity index (χ4n) is 2.43. The molecule has 0 radical (unpaired) electrons. The van der Waals surface area contributed by atoms with E-state index in [4.69, 9.17) is 10.5 Å². The van der Waals surface area contributed by atoms with Crippen LogP contribution in [0.1, 0.15) is 17.3 Å². The number of hydrogen-bond acceptors (Lipinski definition) is 4. The summed E-state index contributed by atoms with van der Waals surface area (Å²) >= 11 is 0. The smallest absolute Gasteiger partial charge is 0.338 e. The highest BCUT2D eigenvalue weighted by Crippen LogP contribution is 2.27. The summed E-state index contributed by atoms with van der Waals surface area (Å²) in [5, 5.41) is 0.977. The molecule has 0 aliphatic heterocycles. The number of nitrogens with two attached hydrogens (primary N) is 1. The largest absolute Gasteiger partial charge is 0.462 e. The highest BCUT2D eigenvalue weighted by molar-refractivity contribution is 5.98. The average Bonchev–Trinajstić information content (AvgIpc) is 2.54. The number of rotatable bonds is 3. The van der Waals surface area contributed by atoms with Crippen molar-refractivity contribution in [3.8, 4) is 11.1 Å². The normalized spacial score (nSPS) is 10.6. The quantitative estimate of drug-likeness (QED) is 0.748. The zero-order valence-electron chi connectivity index (χ0n) is 12.2. The van der Waals surface area contributed by atoms with Gasteiger partial charge in [-0.2, -0.15) is 0 Å². The van der Waals surface area contributed by atoms with Crippen LogP contribution in [0.4, 0.5) is 5.82 Å². The number of nitrogen functional groups attached to an aromatic ring is 1. The first-order valence-corrected chi connectivity index (χ1v) is 7.12. The van der Waals surface area contributed by atoms with Crippen LogP contribution in [0, 0.1) is 0 Å². The summed E-state index contributed by atoms with van der Waals surface area (Å²) in [5.41, 5.74) is 8.88. The SMILES string of the molecule is CCOC(=O)c1ccccc1-c1ccc2nc(N)ccc2c1. The Morgan fingerprint density at radius 3 is 2.77 bits per heavy atom. The lowest BCUT2D eigenvalue weighted by atomic mass is 9.98. The van der Waals surface area contributed by atoms with Gasteiger partial charge in [0.2, 0.25) is 0 Å². The van der Waals surface area contributed by atoms with Gasteiger partial charge in [-0.15, -0.1) is 0 Å². The van der Waals surface area contributed by atoms with Crippen molar-refractivity contribution in [2.75, 3.05) is 12.3 Å². The topological polar surface area (TPSA) is 65.2 Å². The lowest BCUT2D eigenvalue weighted by Crippen LogP contribution is -2.06. The van der Waals surface area contributed by atoms with Crippen molar-refractivity contribution in [3.05, 3.63) is 60.2 Å². The van der Waals surface area contributed by atoms with E-state index >= 15 is 0 Å². The Kier molecular flexibility index (Phi) is 3.74. The Morgan fingerprint density at radius 1 is 1.14 bits per heavy atom. The van der Waals surface area contributed by atoms with Gasteiger partial charge in [0.15, 0.2) is 0 Å². The number of carbonyl (C=O) groups is 1. The van der Waals surface area contributed by atoms with Crippen LogP contribution >= 0.6 is 0 Å². The highest BCUT2D eigenvalue weighted by Gasteiger charge is 2.13. The van der Waals surface area contributed by atoms with Crippen LogP contribution in [0.15, 0.2) is 54.6 Å². The van der Waals surface area contributed by atoms with Crippen LogP contribution in [0.25, 0.3) is 22.0 Å². The maximum absolute atomic E-state index is 12.1. The van der Waals surface area contributed by atoms with Gasteiger partial charge in [0.1, 0.15) is 5.82 Å². The van der Waals surface area contributed by atoms with Gasteiger partial charge in [-0.1, -0.05) is 24.3 Å². The van der Waals surface area contributed by atoms with E-state index in [9.17, 15) is 4.79 Å². The first kappa shape index (κ1) is 14.1. The van der Waals surface area contributed by atoms with Gasteiger partial charge in [0, 0.05) is 5.39 Å². The standard InChI is InChI=1S/C18H16N2O2/c1-2-22-18(21)15-6-4-3-5-14(15)12-7-9-16-13(11-12)8-10-17(19)20-16/h3-11H,2H2,1H3,(H2,19,20). The number of ether oxygens (including phenoxy) is 1. The van der Waals surface area contributed by atoms with Crippen LogP contribution < -0.4 is 5.73 Å². The van der Waals surface area contributed by atoms with E-state index in [2.05, 4.69) is 4.98 Å². The molecule has 0 atom stereocenters. The number of anilines is 1. The average molecular weight is 292 g/mol. The maximum atomic E-state index is 12.1. The Labute approximate surface area is 128 Å². The van der Waals surface area contributed by atoms with Gasteiger partial charge < -0.3 is 10.5 Å². The first-order valence-electron chi connectivity index (χ1n) is 7.12. The van der Waals surface area contributed by atoms with Gasteiger partial charge in [0.05, 0.1) is 17.7 Å². The maximum Gasteiger partial charge on any atom is 0.338 e. The minimum atomic E-state index is -0.311. The van der Waals surface area contributed by atoms with Gasteiger partial charge in [-0.25, -0.2) is 9.78 Å². The van der Waals surface area contributed by atoms with Crippen molar-refractivity contribution in [2.45, 2.75) is 6.92 Å². The predicted molar refractivity (Wildman–Crippen MR) is 87.5 cm³/mol. The molecule has 2 N–H and O–H groups in total. The van der Waals surface area contributed by atoms with Crippen LogP contribution in [0.3, 0.4) is 0 Å². The van der Waals surface area contributed by atoms with Crippen molar-refractivity contribution in [1.29, 1.82) is 0 Å². The second-order valence-electron chi connectivity index (χ2n) is 4.91. The van der Waals surface area contributed by atoms with Gasteiger partial charge in [0.25, 0.3) is 0 Å². The third-order valence-electron chi connectivity index (χ3n) is 3.44. The van der Waals surface area contributed by atoms with Crippen molar-refractivity contribution >= 4 is 22.7 Å². The van der Waals surface area contributed by atoms with Gasteiger partial charge in [-0.05, 0) is 48.4 Å². The lowest BCUT2D eigenvalue weighted by Gasteiger charge is -2.10. The predicted octanol–water partition coefficient (Wildman–Crippen LogP) is 3.66. The molecule has 3 rings (SSSR count). The molecule has 0 aliphatic carbocycles. The third-order valence-corrected chi connectivity index (χ3v) is 3.44. The fourth-order valence-corrected chi connectivity index (χ4v) is 2.43. The number of fused-ring (bicyclic) bond motifs is 1. The Hall–Kier alpha value is -2.88. The molecule has 0 saturated carbocycles. The molecule has 3 aromatic rings. The van der Waals surface area contributed by atoms with E-state index in [0.29, 0.717) is 18.0 Å². The molecule has 0 aliphatic rings. The summed E-state index contributed by atoms with van der Waals surface area (Å²) in [4.78, 5) is 16.4. The molecule has 0 bridgehead atoms. The highest BCUT2D eigenvalue weighted by atomic mass is 16.5. The first-order chi connectivity index (χ1) is 10.7. The minimum Gasteiger partial charge on any atom is -0.462 e. The molecular formula is C18H16N2O2. The Morgan fingerprint density at radius 2 is 1.95 bits per heavy atom. The number of aromatic nitrogens is 1. The molecule has 4 heteroatoms. The van der Waals surface area contributed by atoms with Crippen LogP contribution in [0.2, 0.25) is 0 Å². The number of pyridine rings is 1. The summed E-state index contributed by atoms with van der Waals surface area (Å²) < 4.78 is 5.13. The van der Waals surface area contributed by atoms with Gasteiger partial charge in [-0.3, -0.25) is 0 Å². The van der Waals surface area contributed by atoms with Crippen LogP contribution in [-0.2, 0) is 4.74 Å². The Bertz CT molecular complexity index is 843. The summed E-state index contributed by atoms with van der Waals surface area (Å²) in [7, 11) is 0. The lowest BCUT2D eigenvalue weighted by molar-refractivity contribution is 0.0527. The Balaban J connectivity index is 2.11. The molecular weight excluding hydrogens is 276 g/mol. The van der Waals surface area contributed by atoms with Crippen LogP contribution in [-0.4, -0.2) is 17.6 Å². The van der Waals surface area contributed by atoms with E-state index in [1.165, 1.54) is 0 Å². The second kappa shape index (κ2) is 5.85. The van der Waals surface area contributed by atoms with E-state index in [1.54, 1.807) is 19.1 Å². The molecule has 110 valence electrons. The summed E-state index contributed by atoms with van der Waals surface area (Å²) in [5.74, 6) is 0.181. The number of carbonyl (C=O) groups excluding carboxylic acids is 1. The third kappa shape index (κ3) is 2.63. The number of nitrogens with zero attached hydrogens (tertiary/aromatic N) is 1. The van der Waals surface area contributed by atoms with E-state index in [0.717, 1.165) is 22.0 Å².